The van der Waals surface area contributed by atoms with Gasteiger partial charge in [-0.05, 0) is 36.6 Å². The molecule has 0 N–H and O–H groups in total. The molecule has 3 heterocycles. The first-order valence-corrected chi connectivity index (χ1v) is 10.1. The van der Waals surface area contributed by atoms with E-state index in [1.54, 1.807) is 30.2 Å². The van der Waals surface area contributed by atoms with Crippen LogP contribution in [-0.2, 0) is 28.5 Å². The fraction of sp³-hybridized carbons (Fsp3) is 0.364. The lowest BCUT2D eigenvalue weighted by atomic mass is 10.0. The Balaban J connectivity index is 1.39. The van der Waals surface area contributed by atoms with Crippen molar-refractivity contribution in [3.63, 3.8) is 0 Å². The van der Waals surface area contributed by atoms with Gasteiger partial charge in [0.1, 0.15) is 17.5 Å². The number of rotatable bonds is 5. The molecule has 7 nitrogen and oxygen atoms in total. The fourth-order valence-electron chi connectivity index (χ4n) is 3.54. The van der Waals surface area contributed by atoms with Gasteiger partial charge in [-0.2, -0.15) is 13.2 Å². The van der Waals surface area contributed by atoms with Gasteiger partial charge in [0.25, 0.3) is 0 Å². The molecule has 0 spiro atoms. The highest BCUT2D eigenvalue weighted by Gasteiger charge is 2.30. The van der Waals surface area contributed by atoms with E-state index in [4.69, 9.17) is 4.74 Å². The molecule has 1 fully saturated rings. The minimum Gasteiger partial charge on any atom is -0.368 e. The zero-order chi connectivity index (χ0) is 22.7. The molecule has 0 unspecified atom stereocenters. The summed E-state index contributed by atoms with van der Waals surface area (Å²) in [5.74, 6) is -0.0988. The number of alkyl halides is 3. The van der Waals surface area contributed by atoms with E-state index < -0.39 is 11.7 Å². The van der Waals surface area contributed by atoms with Crippen molar-refractivity contribution in [2.45, 2.75) is 32.0 Å². The molecular formula is C22H21F3N4O3. The van der Waals surface area contributed by atoms with Crippen molar-refractivity contribution < 1.29 is 27.3 Å². The Morgan fingerprint density at radius 3 is 2.72 bits per heavy atom. The monoisotopic (exact) mass is 446 g/mol. The molecule has 1 saturated heterocycles. The molecule has 0 bridgehead atoms. The first kappa shape index (κ1) is 21.9. The Morgan fingerprint density at radius 1 is 1.19 bits per heavy atom. The number of carbonyl (C=O) groups is 1. The van der Waals surface area contributed by atoms with Crippen LogP contribution < -0.4 is 0 Å². The summed E-state index contributed by atoms with van der Waals surface area (Å²) in [6, 6.07) is 8.86. The van der Waals surface area contributed by atoms with Gasteiger partial charge in [-0.25, -0.2) is 4.63 Å². The number of carbonyl (C=O) groups excluding carboxylic acids is 1. The second-order valence-corrected chi connectivity index (χ2v) is 7.64. The van der Waals surface area contributed by atoms with Gasteiger partial charge in [0, 0.05) is 12.7 Å². The van der Waals surface area contributed by atoms with Crippen molar-refractivity contribution >= 4 is 5.91 Å². The van der Waals surface area contributed by atoms with Gasteiger partial charge in [-0.1, -0.05) is 34.6 Å². The van der Waals surface area contributed by atoms with E-state index in [0.717, 1.165) is 17.7 Å². The third-order valence-electron chi connectivity index (χ3n) is 5.32. The highest BCUT2D eigenvalue weighted by Crippen LogP contribution is 2.30. The van der Waals surface area contributed by atoms with Crippen molar-refractivity contribution in [2.75, 3.05) is 19.7 Å². The molecular weight excluding hydrogens is 425 g/mol. The Hall–Kier alpha value is -3.27. The number of aryl methyl sites for hydroxylation is 1. The molecule has 1 aromatic carbocycles. The third kappa shape index (κ3) is 5.13. The highest BCUT2D eigenvalue weighted by molar-refractivity contribution is 5.78. The van der Waals surface area contributed by atoms with Gasteiger partial charge in [-0.3, -0.25) is 9.78 Å². The molecule has 4 rings (SSSR count). The molecule has 2 aromatic heterocycles. The maximum atomic E-state index is 12.9. The van der Waals surface area contributed by atoms with Crippen LogP contribution in [0.4, 0.5) is 13.2 Å². The smallest absolute Gasteiger partial charge is 0.368 e. The number of amides is 1. The van der Waals surface area contributed by atoms with Gasteiger partial charge in [0.2, 0.25) is 5.91 Å². The van der Waals surface area contributed by atoms with Crippen LogP contribution in [0.3, 0.4) is 0 Å². The summed E-state index contributed by atoms with van der Waals surface area (Å²) in [5, 5.41) is 7.44. The van der Waals surface area contributed by atoms with E-state index in [1.807, 2.05) is 6.07 Å². The molecule has 1 amide bonds. The quantitative estimate of drug-likeness (QED) is 0.597. The summed E-state index contributed by atoms with van der Waals surface area (Å²) in [5.41, 5.74) is 2.42. The molecule has 0 aliphatic carbocycles. The highest BCUT2D eigenvalue weighted by atomic mass is 19.4. The molecule has 0 radical (unpaired) electrons. The standard InChI is InChI=1S/C22H21F3N4O3/c1-14-19(28-32-27-14)11-21(30)29-7-8-31-20(13-29)18-6-5-16(12-26-18)9-15-3-2-4-17(10-15)22(23,24)25/h2-6,10,12,20H,7-9,11,13H2,1H3/t20-/m0/s1. The topological polar surface area (TPSA) is 81.4 Å². The minimum absolute atomic E-state index is 0.0988. The van der Waals surface area contributed by atoms with Crippen LogP contribution in [0.25, 0.3) is 0 Å². The molecule has 0 saturated carbocycles. The van der Waals surface area contributed by atoms with E-state index in [2.05, 4.69) is 19.9 Å². The minimum atomic E-state index is -4.37. The van der Waals surface area contributed by atoms with Crippen molar-refractivity contribution in [1.82, 2.24) is 20.2 Å². The van der Waals surface area contributed by atoms with Crippen LogP contribution in [0.1, 0.15) is 39.9 Å². The Labute approximate surface area is 182 Å². The van der Waals surface area contributed by atoms with Crippen LogP contribution in [0.2, 0.25) is 0 Å². The number of morpholine rings is 1. The van der Waals surface area contributed by atoms with E-state index in [0.29, 0.717) is 48.8 Å². The van der Waals surface area contributed by atoms with Crippen LogP contribution in [0.5, 0.6) is 0 Å². The summed E-state index contributed by atoms with van der Waals surface area (Å²) in [6.45, 7) is 2.92. The predicted molar refractivity (Wildman–Crippen MR) is 106 cm³/mol. The zero-order valence-corrected chi connectivity index (χ0v) is 17.3. The summed E-state index contributed by atoms with van der Waals surface area (Å²) in [7, 11) is 0. The number of hydrogen-bond acceptors (Lipinski definition) is 6. The van der Waals surface area contributed by atoms with E-state index in [-0.39, 0.29) is 18.4 Å². The molecule has 1 aliphatic heterocycles. The van der Waals surface area contributed by atoms with Crippen molar-refractivity contribution in [3.8, 4) is 0 Å². The number of hydrogen-bond donors (Lipinski definition) is 0. The summed E-state index contributed by atoms with van der Waals surface area (Å²) in [6.07, 6.45) is -2.69. The second-order valence-electron chi connectivity index (χ2n) is 7.64. The van der Waals surface area contributed by atoms with Crippen LogP contribution in [0.15, 0.2) is 47.2 Å². The molecule has 32 heavy (non-hydrogen) atoms. The van der Waals surface area contributed by atoms with Gasteiger partial charge in [0.15, 0.2) is 0 Å². The fourth-order valence-corrected chi connectivity index (χ4v) is 3.54. The summed E-state index contributed by atoms with van der Waals surface area (Å²) >= 11 is 0. The van der Waals surface area contributed by atoms with Gasteiger partial charge in [-0.15, -0.1) is 0 Å². The van der Waals surface area contributed by atoms with E-state index in [9.17, 15) is 18.0 Å². The third-order valence-corrected chi connectivity index (χ3v) is 5.32. The van der Waals surface area contributed by atoms with E-state index >= 15 is 0 Å². The number of pyridine rings is 1. The lowest BCUT2D eigenvalue weighted by Crippen LogP contribution is -2.43. The number of benzene rings is 1. The zero-order valence-electron chi connectivity index (χ0n) is 17.3. The number of aromatic nitrogens is 3. The SMILES string of the molecule is Cc1nonc1CC(=O)N1CCO[C@H](c2ccc(Cc3cccc(C(F)(F)F)c3)cn2)C1. The van der Waals surface area contributed by atoms with Crippen molar-refractivity contribution in [1.29, 1.82) is 0 Å². The Morgan fingerprint density at radius 2 is 2.03 bits per heavy atom. The number of ether oxygens (including phenoxy) is 1. The second kappa shape index (κ2) is 9.07. The molecule has 10 heteroatoms. The van der Waals surface area contributed by atoms with E-state index in [1.165, 1.54) is 6.07 Å². The first-order chi connectivity index (χ1) is 15.3. The predicted octanol–water partition coefficient (Wildman–Crippen LogP) is 3.53. The van der Waals surface area contributed by atoms with Crippen LogP contribution >= 0.6 is 0 Å². The number of nitrogens with zero attached hydrogens (tertiary/aromatic N) is 4. The molecule has 1 atom stereocenters. The summed E-state index contributed by atoms with van der Waals surface area (Å²) < 4.78 is 49.2. The lowest BCUT2D eigenvalue weighted by Gasteiger charge is -2.32. The lowest BCUT2D eigenvalue weighted by molar-refractivity contribution is -0.138. The van der Waals surface area contributed by atoms with Crippen LogP contribution in [0, 0.1) is 6.92 Å². The van der Waals surface area contributed by atoms with Crippen molar-refractivity contribution in [3.05, 3.63) is 76.4 Å². The van der Waals surface area contributed by atoms with Crippen LogP contribution in [-0.4, -0.2) is 45.8 Å². The van der Waals surface area contributed by atoms with Gasteiger partial charge in [0.05, 0.1) is 30.8 Å². The average molecular weight is 446 g/mol. The first-order valence-electron chi connectivity index (χ1n) is 10.1. The van der Waals surface area contributed by atoms with Gasteiger partial charge >= 0.3 is 6.18 Å². The van der Waals surface area contributed by atoms with Crippen molar-refractivity contribution in [2.24, 2.45) is 0 Å². The van der Waals surface area contributed by atoms with Gasteiger partial charge < -0.3 is 9.64 Å². The largest absolute Gasteiger partial charge is 0.416 e. The Kier molecular flexibility index (Phi) is 6.22. The average Bonchev–Trinajstić information content (AvgIpc) is 3.18. The molecule has 168 valence electrons. The number of halogens is 3. The normalized spacial score (nSPS) is 16.9. The maximum absolute atomic E-state index is 12.9. The maximum Gasteiger partial charge on any atom is 0.416 e. The molecule has 3 aromatic rings. The summed E-state index contributed by atoms with van der Waals surface area (Å²) in [4.78, 5) is 18.7. The molecule has 1 aliphatic rings. The Bertz CT molecular complexity index is 1080.